The number of amides is 2. The predicted molar refractivity (Wildman–Crippen MR) is 147 cm³/mol. The average molecular weight is 516 g/mol. The zero-order chi connectivity index (χ0) is 26.6. The molecule has 0 aliphatic carbocycles. The Labute approximate surface area is 222 Å². The monoisotopic (exact) mass is 515 g/mol. The van der Waals surface area contributed by atoms with Crippen LogP contribution in [0.25, 0.3) is 5.82 Å². The number of hydrogen-bond donors (Lipinski definition) is 2. The van der Waals surface area contributed by atoms with Gasteiger partial charge in [0, 0.05) is 69.4 Å². The van der Waals surface area contributed by atoms with Crippen molar-refractivity contribution in [3.8, 4) is 5.82 Å². The summed E-state index contributed by atoms with van der Waals surface area (Å²) in [6, 6.07) is 7.56. The van der Waals surface area contributed by atoms with Crippen LogP contribution in [-0.2, 0) is 16.1 Å². The van der Waals surface area contributed by atoms with Crippen LogP contribution in [0.4, 0.5) is 23.0 Å². The number of piperazine rings is 1. The third kappa shape index (κ3) is 5.67. The highest BCUT2D eigenvalue weighted by Crippen LogP contribution is 2.31. The van der Waals surface area contributed by atoms with Crippen LogP contribution in [0.5, 0.6) is 0 Å². The minimum Gasteiger partial charge on any atom is -0.366 e. The van der Waals surface area contributed by atoms with E-state index in [0.717, 1.165) is 36.7 Å². The number of carbonyl (C=O) groups excluding carboxylic acids is 2. The molecular formula is C27H33N9O2. The van der Waals surface area contributed by atoms with E-state index in [1.54, 1.807) is 17.8 Å². The summed E-state index contributed by atoms with van der Waals surface area (Å²) >= 11 is 0. The van der Waals surface area contributed by atoms with Crippen molar-refractivity contribution in [1.29, 1.82) is 0 Å². The number of nitrogens with zero attached hydrogens (tertiary/aromatic N) is 7. The van der Waals surface area contributed by atoms with Gasteiger partial charge in [-0.1, -0.05) is 6.58 Å². The van der Waals surface area contributed by atoms with Crippen LogP contribution in [0.1, 0.15) is 24.6 Å². The molecule has 3 aromatic rings. The number of aromatic nitrogens is 4. The lowest BCUT2D eigenvalue weighted by atomic mass is 10.1. The van der Waals surface area contributed by atoms with Crippen LogP contribution >= 0.6 is 0 Å². The van der Waals surface area contributed by atoms with Gasteiger partial charge in [0.05, 0.1) is 17.1 Å². The molecule has 2 aliphatic heterocycles. The highest BCUT2D eigenvalue weighted by atomic mass is 16.2. The largest absolute Gasteiger partial charge is 0.366 e. The summed E-state index contributed by atoms with van der Waals surface area (Å²) in [7, 11) is 0. The second-order valence-corrected chi connectivity index (χ2v) is 9.60. The molecule has 0 spiro atoms. The molecule has 0 unspecified atom stereocenters. The normalized spacial score (nSPS) is 15.6. The molecule has 2 saturated heterocycles. The maximum absolute atomic E-state index is 12.2. The minimum atomic E-state index is -0.299. The first-order chi connectivity index (χ1) is 18.4. The summed E-state index contributed by atoms with van der Waals surface area (Å²) in [6.07, 6.45) is 6.22. The topological polar surface area (TPSA) is 112 Å². The van der Waals surface area contributed by atoms with Crippen molar-refractivity contribution in [2.45, 2.75) is 26.8 Å². The van der Waals surface area contributed by atoms with Crippen molar-refractivity contribution in [3.63, 3.8) is 0 Å². The van der Waals surface area contributed by atoms with E-state index >= 15 is 0 Å². The van der Waals surface area contributed by atoms with Gasteiger partial charge in [0.1, 0.15) is 0 Å². The van der Waals surface area contributed by atoms with Gasteiger partial charge in [0.2, 0.25) is 17.8 Å². The Morgan fingerprint density at radius 2 is 1.89 bits per heavy atom. The molecule has 1 aromatic carbocycles. The highest BCUT2D eigenvalue weighted by molar-refractivity contribution is 6.01. The number of nitrogens with one attached hydrogen (secondary N) is 2. The van der Waals surface area contributed by atoms with Gasteiger partial charge in [-0.05, 0) is 50.7 Å². The van der Waals surface area contributed by atoms with Crippen LogP contribution < -0.4 is 15.5 Å². The Morgan fingerprint density at radius 1 is 1.11 bits per heavy atom. The molecule has 0 saturated carbocycles. The number of rotatable bonds is 8. The van der Waals surface area contributed by atoms with Gasteiger partial charge in [0.25, 0.3) is 0 Å². The van der Waals surface area contributed by atoms with Crippen molar-refractivity contribution in [2.75, 3.05) is 54.8 Å². The number of hydrogen-bond acceptors (Lipinski definition) is 8. The summed E-state index contributed by atoms with van der Waals surface area (Å²) < 4.78 is 1.79. The molecule has 2 aliphatic rings. The fourth-order valence-electron chi connectivity index (χ4n) is 4.65. The Bertz CT molecular complexity index is 1340. The fourth-order valence-corrected chi connectivity index (χ4v) is 4.65. The zero-order valence-electron chi connectivity index (χ0n) is 21.9. The molecule has 2 N–H and O–H groups in total. The van der Waals surface area contributed by atoms with E-state index in [1.807, 2.05) is 42.3 Å². The van der Waals surface area contributed by atoms with Crippen molar-refractivity contribution in [3.05, 3.63) is 60.6 Å². The van der Waals surface area contributed by atoms with Gasteiger partial charge in [-0.2, -0.15) is 10.1 Å². The number of carbonyl (C=O) groups is 2. The van der Waals surface area contributed by atoms with E-state index in [4.69, 9.17) is 0 Å². The van der Waals surface area contributed by atoms with Gasteiger partial charge in [-0.3, -0.25) is 14.5 Å². The molecule has 5 rings (SSSR count). The standard InChI is InChI=1S/C27H33N9O2/c1-4-26(38)30-23-16-22(6-7-24(23)35-14-12-34(13-15-35)20(3)37)29-27-28-9-8-25(31-27)36-18-21(19(2)32-36)17-33-10-5-11-33/h4,6-9,16,18H,1,5,10-15,17H2,2-3H3,(H,30,38)(H,28,29,31). The van der Waals surface area contributed by atoms with Crippen molar-refractivity contribution >= 4 is 34.8 Å². The molecule has 0 atom stereocenters. The van der Waals surface area contributed by atoms with Crippen LogP contribution in [0.15, 0.2) is 49.3 Å². The summed E-state index contributed by atoms with van der Waals surface area (Å²) in [5, 5.41) is 10.8. The Kier molecular flexibility index (Phi) is 7.36. The number of benzene rings is 1. The lowest BCUT2D eigenvalue weighted by Gasteiger charge is -2.36. The maximum Gasteiger partial charge on any atom is 0.247 e. The van der Waals surface area contributed by atoms with E-state index in [0.29, 0.717) is 43.6 Å². The Morgan fingerprint density at radius 3 is 2.58 bits per heavy atom. The third-order valence-corrected chi connectivity index (χ3v) is 6.98. The summed E-state index contributed by atoms with van der Waals surface area (Å²) in [5.41, 5.74) is 4.44. The molecule has 11 heteroatoms. The minimum absolute atomic E-state index is 0.0734. The second kappa shape index (κ2) is 11.0. The predicted octanol–water partition coefficient (Wildman–Crippen LogP) is 2.71. The van der Waals surface area contributed by atoms with Gasteiger partial charge >= 0.3 is 0 Å². The van der Waals surface area contributed by atoms with Gasteiger partial charge < -0.3 is 20.4 Å². The average Bonchev–Trinajstić information content (AvgIpc) is 3.27. The lowest BCUT2D eigenvalue weighted by Crippen LogP contribution is -2.48. The number of aryl methyl sites for hydroxylation is 1. The van der Waals surface area contributed by atoms with Crippen molar-refractivity contribution in [2.24, 2.45) is 0 Å². The summed E-state index contributed by atoms with van der Waals surface area (Å²) in [4.78, 5) is 39.3. The van der Waals surface area contributed by atoms with E-state index in [9.17, 15) is 9.59 Å². The third-order valence-electron chi connectivity index (χ3n) is 6.98. The molecule has 198 valence electrons. The Hall–Kier alpha value is -4.25. The second-order valence-electron chi connectivity index (χ2n) is 9.60. The molecule has 38 heavy (non-hydrogen) atoms. The van der Waals surface area contributed by atoms with Gasteiger partial charge in [-0.25, -0.2) is 9.67 Å². The summed E-state index contributed by atoms with van der Waals surface area (Å²) in [6.45, 7) is 13.0. The fraction of sp³-hybridized carbons (Fsp3) is 0.370. The van der Waals surface area contributed by atoms with Crippen molar-refractivity contribution < 1.29 is 9.59 Å². The molecular weight excluding hydrogens is 482 g/mol. The SMILES string of the molecule is C=CC(=O)Nc1cc(Nc2nccc(-n3cc(CN4CCC4)c(C)n3)n2)ccc1N1CCN(C(C)=O)CC1. The van der Waals surface area contributed by atoms with Crippen LogP contribution in [0.3, 0.4) is 0 Å². The van der Waals surface area contributed by atoms with E-state index in [-0.39, 0.29) is 11.8 Å². The quantitative estimate of drug-likeness (QED) is 0.441. The number of anilines is 4. The molecule has 2 fully saturated rings. The molecule has 11 nitrogen and oxygen atoms in total. The van der Waals surface area contributed by atoms with Gasteiger partial charge in [0.15, 0.2) is 5.82 Å². The first kappa shape index (κ1) is 25.4. The zero-order valence-corrected chi connectivity index (χ0v) is 21.9. The highest BCUT2D eigenvalue weighted by Gasteiger charge is 2.22. The lowest BCUT2D eigenvalue weighted by molar-refractivity contribution is -0.129. The van der Waals surface area contributed by atoms with E-state index in [2.05, 4.69) is 42.1 Å². The van der Waals surface area contributed by atoms with Crippen LogP contribution in [-0.4, -0.2) is 80.6 Å². The molecule has 2 amide bonds. The number of likely N-dealkylation sites (tertiary alicyclic amines) is 1. The first-order valence-electron chi connectivity index (χ1n) is 12.9. The van der Waals surface area contributed by atoms with Crippen molar-refractivity contribution in [1.82, 2.24) is 29.5 Å². The molecule has 0 bridgehead atoms. The van der Waals surface area contributed by atoms with Gasteiger partial charge in [-0.15, -0.1) is 0 Å². The van der Waals surface area contributed by atoms with E-state index < -0.39 is 0 Å². The molecule has 4 heterocycles. The first-order valence-corrected chi connectivity index (χ1v) is 12.9. The molecule has 0 radical (unpaired) electrons. The summed E-state index contributed by atoms with van der Waals surface area (Å²) in [5.74, 6) is 0.862. The van der Waals surface area contributed by atoms with E-state index in [1.165, 1.54) is 18.1 Å². The Balaban J connectivity index is 1.34. The smallest absolute Gasteiger partial charge is 0.247 e. The maximum atomic E-state index is 12.2. The van der Waals surface area contributed by atoms with Crippen LogP contribution in [0, 0.1) is 6.92 Å². The molecule has 2 aromatic heterocycles. The van der Waals surface area contributed by atoms with Crippen LogP contribution in [0.2, 0.25) is 0 Å².